The van der Waals surface area contributed by atoms with E-state index in [9.17, 15) is 9.59 Å². The largest absolute Gasteiger partial charge is 0.493 e. The Balaban J connectivity index is 2.01. The molecule has 0 amide bonds. The second kappa shape index (κ2) is 7.92. The lowest BCUT2D eigenvalue weighted by atomic mass is 10.1. The Bertz CT molecular complexity index is 1120. The first-order valence-electron chi connectivity index (χ1n) is 9.36. The van der Waals surface area contributed by atoms with E-state index >= 15 is 0 Å². The van der Waals surface area contributed by atoms with Crippen LogP contribution in [0.5, 0.6) is 11.5 Å². The van der Waals surface area contributed by atoms with Crippen LogP contribution in [0.25, 0.3) is 11.2 Å². The fourth-order valence-electron chi connectivity index (χ4n) is 3.49. The number of aryl methyl sites for hydroxylation is 4. The van der Waals surface area contributed by atoms with Gasteiger partial charge in [-0.05, 0) is 38.0 Å². The second-order valence-corrected chi connectivity index (χ2v) is 6.52. The quantitative estimate of drug-likeness (QED) is 0.618. The van der Waals surface area contributed by atoms with Crippen molar-refractivity contribution < 1.29 is 9.47 Å². The third-order valence-electron chi connectivity index (χ3n) is 5.05. The van der Waals surface area contributed by atoms with Gasteiger partial charge in [0.15, 0.2) is 22.7 Å². The van der Waals surface area contributed by atoms with Crippen molar-refractivity contribution in [3.05, 3.63) is 50.4 Å². The molecule has 1 aromatic carbocycles. The van der Waals surface area contributed by atoms with Gasteiger partial charge in [-0.3, -0.25) is 13.9 Å². The standard InChI is InChI=1S/C20H26N4O4/c1-6-23-18-17(19(25)24(7-2)20(23)26)22(3)16(21-18)11-9-13-8-10-14(27-4)15(12-13)28-5/h8,10,12H,6-7,9,11H2,1-5H3. The maximum absolute atomic E-state index is 12.8. The molecule has 2 heterocycles. The van der Waals surface area contributed by atoms with E-state index in [1.807, 2.05) is 32.2 Å². The van der Waals surface area contributed by atoms with Gasteiger partial charge in [0.1, 0.15) is 5.82 Å². The van der Waals surface area contributed by atoms with Crippen LogP contribution in [0.3, 0.4) is 0 Å². The number of hydrogen-bond donors (Lipinski definition) is 0. The van der Waals surface area contributed by atoms with Crippen LogP contribution in [0.15, 0.2) is 27.8 Å². The number of fused-ring (bicyclic) bond motifs is 1. The molecule has 0 saturated carbocycles. The number of imidazole rings is 1. The van der Waals surface area contributed by atoms with Gasteiger partial charge >= 0.3 is 5.69 Å². The van der Waals surface area contributed by atoms with Crippen molar-refractivity contribution in [2.45, 2.75) is 39.8 Å². The van der Waals surface area contributed by atoms with Gasteiger partial charge < -0.3 is 14.0 Å². The number of hydrogen-bond acceptors (Lipinski definition) is 5. The highest BCUT2D eigenvalue weighted by molar-refractivity contribution is 5.71. The summed E-state index contributed by atoms with van der Waals surface area (Å²) in [7, 11) is 5.04. The van der Waals surface area contributed by atoms with Crippen LogP contribution in [0, 0.1) is 0 Å². The van der Waals surface area contributed by atoms with Crippen molar-refractivity contribution in [2.75, 3.05) is 14.2 Å². The Labute approximate surface area is 163 Å². The molecule has 0 spiro atoms. The minimum absolute atomic E-state index is 0.292. The Hall–Kier alpha value is -3.03. The minimum Gasteiger partial charge on any atom is -0.493 e. The van der Waals surface area contributed by atoms with Crippen molar-refractivity contribution in [1.29, 1.82) is 0 Å². The SMILES string of the molecule is CCn1c(=O)c2c(nc(CCc3ccc(OC)c(OC)c3)n2C)n(CC)c1=O. The zero-order chi connectivity index (χ0) is 20.4. The van der Waals surface area contributed by atoms with Crippen LogP contribution in [0.1, 0.15) is 25.2 Å². The third-order valence-corrected chi connectivity index (χ3v) is 5.05. The van der Waals surface area contributed by atoms with Gasteiger partial charge in [0.25, 0.3) is 5.56 Å². The van der Waals surface area contributed by atoms with Crippen molar-refractivity contribution in [3.8, 4) is 11.5 Å². The average molecular weight is 386 g/mol. The zero-order valence-corrected chi connectivity index (χ0v) is 17.0. The molecule has 3 rings (SSSR count). The second-order valence-electron chi connectivity index (χ2n) is 6.52. The molecule has 150 valence electrons. The molecule has 8 heteroatoms. The summed E-state index contributed by atoms with van der Waals surface area (Å²) in [5, 5.41) is 0. The summed E-state index contributed by atoms with van der Waals surface area (Å²) in [6.07, 6.45) is 1.35. The lowest BCUT2D eigenvalue weighted by Gasteiger charge is -2.09. The fraction of sp³-hybridized carbons (Fsp3) is 0.450. The van der Waals surface area contributed by atoms with Crippen LogP contribution >= 0.6 is 0 Å². The van der Waals surface area contributed by atoms with Crippen LogP contribution in [-0.2, 0) is 33.0 Å². The van der Waals surface area contributed by atoms with Gasteiger partial charge in [0.05, 0.1) is 14.2 Å². The molecule has 0 aliphatic heterocycles. The first-order chi connectivity index (χ1) is 13.5. The van der Waals surface area contributed by atoms with E-state index in [0.717, 1.165) is 17.8 Å². The van der Waals surface area contributed by atoms with E-state index in [1.165, 1.54) is 4.57 Å². The molecule has 0 fully saturated rings. The highest BCUT2D eigenvalue weighted by atomic mass is 16.5. The highest BCUT2D eigenvalue weighted by Gasteiger charge is 2.18. The predicted molar refractivity (Wildman–Crippen MR) is 108 cm³/mol. The smallest absolute Gasteiger partial charge is 0.332 e. The van der Waals surface area contributed by atoms with Gasteiger partial charge in [-0.15, -0.1) is 0 Å². The molecule has 8 nitrogen and oxygen atoms in total. The predicted octanol–water partition coefficient (Wildman–Crippen LogP) is 1.74. The van der Waals surface area contributed by atoms with Crippen LogP contribution in [0.4, 0.5) is 0 Å². The summed E-state index contributed by atoms with van der Waals surface area (Å²) in [5.41, 5.74) is 1.38. The molecule has 28 heavy (non-hydrogen) atoms. The highest BCUT2D eigenvalue weighted by Crippen LogP contribution is 2.28. The lowest BCUT2D eigenvalue weighted by Crippen LogP contribution is -2.39. The van der Waals surface area contributed by atoms with E-state index in [0.29, 0.717) is 42.2 Å². The molecule has 0 atom stereocenters. The molecule has 0 bridgehead atoms. The van der Waals surface area contributed by atoms with E-state index in [4.69, 9.17) is 9.47 Å². The molecule has 0 radical (unpaired) electrons. The van der Waals surface area contributed by atoms with E-state index in [-0.39, 0.29) is 11.2 Å². The number of ether oxygens (including phenoxy) is 2. The lowest BCUT2D eigenvalue weighted by molar-refractivity contribution is 0.354. The van der Waals surface area contributed by atoms with Gasteiger partial charge in [-0.2, -0.15) is 0 Å². The summed E-state index contributed by atoms with van der Waals surface area (Å²) in [5.74, 6) is 2.12. The Morgan fingerprint density at radius 2 is 1.64 bits per heavy atom. The van der Waals surface area contributed by atoms with Crippen LogP contribution in [-0.4, -0.2) is 32.9 Å². The molecular weight excluding hydrogens is 360 g/mol. The van der Waals surface area contributed by atoms with Crippen LogP contribution < -0.4 is 20.7 Å². The molecule has 0 saturated heterocycles. The van der Waals surface area contributed by atoms with Crippen molar-refractivity contribution in [1.82, 2.24) is 18.7 Å². The molecule has 0 unspecified atom stereocenters. The molecule has 0 aliphatic rings. The van der Waals surface area contributed by atoms with Crippen molar-refractivity contribution >= 4 is 11.2 Å². The molecular formula is C20H26N4O4. The number of benzene rings is 1. The summed E-state index contributed by atoms with van der Waals surface area (Å²) in [6.45, 7) is 4.47. The molecule has 2 aromatic heterocycles. The third kappa shape index (κ3) is 3.19. The summed E-state index contributed by atoms with van der Waals surface area (Å²) in [6, 6.07) is 5.79. The molecule has 3 aromatic rings. The van der Waals surface area contributed by atoms with Gasteiger partial charge in [0.2, 0.25) is 0 Å². The topological polar surface area (TPSA) is 80.3 Å². The Morgan fingerprint density at radius 1 is 0.964 bits per heavy atom. The number of aromatic nitrogens is 4. The monoisotopic (exact) mass is 386 g/mol. The summed E-state index contributed by atoms with van der Waals surface area (Å²) < 4.78 is 15.2. The summed E-state index contributed by atoms with van der Waals surface area (Å²) >= 11 is 0. The van der Waals surface area contributed by atoms with Gasteiger partial charge in [0, 0.05) is 26.6 Å². The number of methoxy groups -OCH3 is 2. The van der Waals surface area contributed by atoms with E-state index in [1.54, 1.807) is 30.3 Å². The maximum atomic E-state index is 12.8. The van der Waals surface area contributed by atoms with Gasteiger partial charge in [-0.1, -0.05) is 6.07 Å². The normalized spacial score (nSPS) is 11.2. The Kier molecular flexibility index (Phi) is 5.58. The Morgan fingerprint density at radius 3 is 2.25 bits per heavy atom. The van der Waals surface area contributed by atoms with Gasteiger partial charge in [-0.25, -0.2) is 9.78 Å². The first kappa shape index (κ1) is 19.7. The molecule has 0 aliphatic carbocycles. The first-order valence-corrected chi connectivity index (χ1v) is 9.36. The fourth-order valence-corrected chi connectivity index (χ4v) is 3.49. The van der Waals surface area contributed by atoms with Crippen molar-refractivity contribution in [2.24, 2.45) is 7.05 Å². The minimum atomic E-state index is -0.313. The average Bonchev–Trinajstić information content (AvgIpc) is 3.03. The number of rotatable bonds is 7. The van der Waals surface area contributed by atoms with E-state index in [2.05, 4.69) is 4.98 Å². The van der Waals surface area contributed by atoms with Crippen LogP contribution in [0.2, 0.25) is 0 Å². The maximum Gasteiger partial charge on any atom is 0.332 e. The summed E-state index contributed by atoms with van der Waals surface area (Å²) in [4.78, 5) is 29.9. The molecule has 0 N–H and O–H groups in total. The number of nitrogens with zero attached hydrogens (tertiary/aromatic N) is 4. The van der Waals surface area contributed by atoms with E-state index < -0.39 is 0 Å². The zero-order valence-electron chi connectivity index (χ0n) is 17.0. The van der Waals surface area contributed by atoms with Crippen molar-refractivity contribution in [3.63, 3.8) is 0 Å².